The lowest BCUT2D eigenvalue weighted by Gasteiger charge is -2.32. The highest BCUT2D eigenvalue weighted by Crippen LogP contribution is 2.42. The zero-order chi connectivity index (χ0) is 29.6. The second-order valence-electron chi connectivity index (χ2n) is 12.3. The highest BCUT2D eigenvalue weighted by atomic mass is 19.3. The Morgan fingerprint density at radius 3 is 1.98 bits per heavy atom. The highest BCUT2D eigenvalue weighted by Gasteiger charge is 2.44. The maximum Gasteiger partial charge on any atom is 0.400 e. The standard InChI is InChI=1S/C33H42F6O2/c1-3-22-10-14-25(15-11-22)30(35)27(34)20-40-28-18-19-29(32(37)31(28)36)41-33(38,39)26-16-12-24(13-17-26)9-8-23-6-4-21(2)5-7-23/h3,18-19,21-27,30H,1,4-7,10-17,20H2,2H3. The zero-order valence-electron chi connectivity index (χ0n) is 23.8. The Kier molecular flexibility index (Phi) is 11.0. The molecular weight excluding hydrogens is 542 g/mol. The van der Waals surface area contributed by atoms with E-state index in [0.29, 0.717) is 37.5 Å². The second kappa shape index (κ2) is 14.2. The van der Waals surface area contributed by atoms with Crippen LogP contribution in [0.4, 0.5) is 26.3 Å². The molecule has 8 heteroatoms. The van der Waals surface area contributed by atoms with Crippen LogP contribution in [-0.4, -0.2) is 25.1 Å². The second-order valence-corrected chi connectivity index (χ2v) is 12.3. The quantitative estimate of drug-likeness (QED) is 0.163. The van der Waals surface area contributed by atoms with Crippen LogP contribution in [-0.2, 0) is 0 Å². The number of ether oxygens (including phenoxy) is 2. The summed E-state index contributed by atoms with van der Waals surface area (Å²) in [5.41, 5.74) is 0. The van der Waals surface area contributed by atoms with Gasteiger partial charge in [0.25, 0.3) is 0 Å². The first-order chi connectivity index (χ1) is 19.6. The van der Waals surface area contributed by atoms with Gasteiger partial charge in [0.1, 0.15) is 12.8 Å². The van der Waals surface area contributed by atoms with Gasteiger partial charge in [0.15, 0.2) is 17.7 Å². The average Bonchev–Trinajstić information content (AvgIpc) is 2.98. The molecule has 41 heavy (non-hydrogen) atoms. The van der Waals surface area contributed by atoms with Crippen LogP contribution in [0.3, 0.4) is 0 Å². The van der Waals surface area contributed by atoms with Gasteiger partial charge in [-0.1, -0.05) is 24.8 Å². The lowest BCUT2D eigenvalue weighted by Crippen LogP contribution is -2.37. The van der Waals surface area contributed by atoms with E-state index in [4.69, 9.17) is 4.74 Å². The first-order valence-corrected chi connectivity index (χ1v) is 15.2. The minimum Gasteiger partial charge on any atom is -0.487 e. The molecule has 4 rings (SSSR count). The predicted molar refractivity (Wildman–Crippen MR) is 147 cm³/mol. The van der Waals surface area contributed by atoms with Gasteiger partial charge < -0.3 is 9.47 Å². The van der Waals surface area contributed by atoms with Crippen molar-refractivity contribution in [1.82, 2.24) is 0 Å². The van der Waals surface area contributed by atoms with E-state index in [1.54, 1.807) is 0 Å². The Labute approximate surface area is 240 Å². The molecule has 0 spiro atoms. The van der Waals surface area contributed by atoms with Crippen LogP contribution < -0.4 is 9.47 Å². The van der Waals surface area contributed by atoms with Crippen molar-refractivity contribution in [1.29, 1.82) is 0 Å². The van der Waals surface area contributed by atoms with Crippen LogP contribution in [0.25, 0.3) is 0 Å². The molecular formula is C33H42F6O2. The molecule has 3 saturated carbocycles. The monoisotopic (exact) mass is 584 g/mol. The van der Waals surface area contributed by atoms with E-state index < -0.39 is 60.0 Å². The number of allylic oxidation sites excluding steroid dienone is 1. The van der Waals surface area contributed by atoms with Crippen molar-refractivity contribution in [2.24, 2.45) is 35.5 Å². The molecule has 3 aliphatic rings. The maximum absolute atomic E-state index is 14.9. The Morgan fingerprint density at radius 1 is 0.854 bits per heavy atom. The first kappa shape index (κ1) is 31.6. The van der Waals surface area contributed by atoms with Crippen LogP contribution in [0.1, 0.15) is 84.0 Å². The van der Waals surface area contributed by atoms with E-state index >= 15 is 0 Å². The normalized spacial score (nSPS) is 30.4. The van der Waals surface area contributed by atoms with E-state index in [2.05, 4.69) is 30.1 Å². The molecule has 0 radical (unpaired) electrons. The fourth-order valence-corrected chi connectivity index (χ4v) is 6.40. The van der Waals surface area contributed by atoms with Crippen LogP contribution in [0.5, 0.6) is 11.5 Å². The molecule has 0 saturated heterocycles. The van der Waals surface area contributed by atoms with Gasteiger partial charge in [-0.25, -0.2) is 8.78 Å². The van der Waals surface area contributed by atoms with Gasteiger partial charge in [-0.2, -0.15) is 17.6 Å². The van der Waals surface area contributed by atoms with Crippen molar-refractivity contribution in [3.63, 3.8) is 0 Å². The van der Waals surface area contributed by atoms with Crippen LogP contribution in [0.2, 0.25) is 0 Å². The molecule has 0 aliphatic heterocycles. The molecule has 2 atom stereocenters. The van der Waals surface area contributed by atoms with Crippen molar-refractivity contribution in [3.05, 3.63) is 36.4 Å². The summed E-state index contributed by atoms with van der Waals surface area (Å²) in [6.45, 7) is 5.16. The smallest absolute Gasteiger partial charge is 0.400 e. The van der Waals surface area contributed by atoms with Gasteiger partial charge in [0.2, 0.25) is 11.6 Å². The summed E-state index contributed by atoms with van der Waals surface area (Å²) in [6.07, 6.45) is 2.60. The molecule has 3 fully saturated rings. The Bertz CT molecular complexity index is 1060. The van der Waals surface area contributed by atoms with E-state index in [9.17, 15) is 26.3 Å². The fraction of sp³-hybridized carbons (Fsp3) is 0.697. The molecule has 3 aliphatic carbocycles. The first-order valence-electron chi connectivity index (χ1n) is 15.2. The average molecular weight is 585 g/mol. The lowest BCUT2D eigenvalue weighted by molar-refractivity contribution is -0.224. The number of alkyl halides is 4. The predicted octanol–water partition coefficient (Wildman–Crippen LogP) is 9.62. The summed E-state index contributed by atoms with van der Waals surface area (Å²) in [5.74, 6) is 1.61. The molecule has 0 aromatic heterocycles. The summed E-state index contributed by atoms with van der Waals surface area (Å²) in [5, 5.41) is 0. The SMILES string of the molecule is C=CC1CCC(C(F)C(F)COc2ccc(OC(F)(F)C3CCC(C#CC4CCC(C)CC4)CC3)c(F)c2F)CC1. The minimum absolute atomic E-state index is 0.0532. The van der Waals surface area contributed by atoms with Crippen LogP contribution in [0, 0.1) is 59.0 Å². The zero-order valence-corrected chi connectivity index (χ0v) is 23.8. The third-order valence-electron chi connectivity index (χ3n) is 9.31. The largest absolute Gasteiger partial charge is 0.487 e. The summed E-state index contributed by atoms with van der Waals surface area (Å²) in [4.78, 5) is 0. The van der Waals surface area contributed by atoms with E-state index in [0.717, 1.165) is 43.7 Å². The molecule has 228 valence electrons. The van der Waals surface area contributed by atoms with Gasteiger partial charge in [-0.3, -0.25) is 0 Å². The van der Waals surface area contributed by atoms with Gasteiger partial charge >= 0.3 is 6.11 Å². The lowest BCUT2D eigenvalue weighted by atomic mass is 9.79. The third-order valence-corrected chi connectivity index (χ3v) is 9.31. The van der Waals surface area contributed by atoms with E-state index in [1.165, 1.54) is 12.8 Å². The van der Waals surface area contributed by atoms with Crippen LogP contribution in [0.15, 0.2) is 24.8 Å². The van der Waals surface area contributed by atoms with Gasteiger partial charge in [-0.15, -0.1) is 6.58 Å². The van der Waals surface area contributed by atoms with Crippen molar-refractivity contribution >= 4 is 0 Å². The topological polar surface area (TPSA) is 18.5 Å². The number of rotatable bonds is 9. The van der Waals surface area contributed by atoms with E-state index in [-0.39, 0.29) is 18.8 Å². The maximum atomic E-state index is 14.9. The molecule has 0 amide bonds. The minimum atomic E-state index is -3.70. The van der Waals surface area contributed by atoms with Gasteiger partial charge in [-0.05, 0) is 107 Å². The number of benzene rings is 1. The van der Waals surface area contributed by atoms with Crippen LogP contribution >= 0.6 is 0 Å². The summed E-state index contributed by atoms with van der Waals surface area (Å²) >= 11 is 0. The number of hydrogen-bond donors (Lipinski definition) is 0. The number of halogens is 6. The fourth-order valence-electron chi connectivity index (χ4n) is 6.40. The van der Waals surface area contributed by atoms with Gasteiger partial charge in [0.05, 0.1) is 5.92 Å². The molecule has 0 N–H and O–H groups in total. The summed E-state index contributed by atoms with van der Waals surface area (Å²) < 4.78 is 98.0. The van der Waals surface area contributed by atoms with E-state index in [1.807, 2.05) is 6.08 Å². The third kappa shape index (κ3) is 8.38. The molecule has 1 aromatic rings. The molecule has 0 bridgehead atoms. The Hall–Kier alpha value is -2.30. The van der Waals surface area contributed by atoms with Gasteiger partial charge in [0, 0.05) is 11.8 Å². The molecule has 1 aromatic carbocycles. The van der Waals surface area contributed by atoms with Crippen molar-refractivity contribution in [3.8, 4) is 23.3 Å². The summed E-state index contributed by atoms with van der Waals surface area (Å²) in [6, 6.07) is 1.73. The Balaban J connectivity index is 1.26. The molecule has 2 nitrogen and oxygen atoms in total. The molecule has 2 unspecified atom stereocenters. The summed E-state index contributed by atoms with van der Waals surface area (Å²) in [7, 11) is 0. The highest BCUT2D eigenvalue weighted by molar-refractivity contribution is 5.35. The van der Waals surface area contributed by atoms with Crippen molar-refractivity contribution in [2.45, 2.75) is 102 Å². The Morgan fingerprint density at radius 2 is 1.39 bits per heavy atom. The van der Waals surface area contributed by atoms with Crippen molar-refractivity contribution in [2.75, 3.05) is 6.61 Å². The number of hydrogen-bond acceptors (Lipinski definition) is 2. The van der Waals surface area contributed by atoms with Crippen molar-refractivity contribution < 1.29 is 35.8 Å². The molecule has 0 heterocycles.